The van der Waals surface area contributed by atoms with E-state index in [0.717, 1.165) is 77.5 Å². The fourth-order valence-corrected chi connectivity index (χ4v) is 6.74. The summed E-state index contributed by atoms with van der Waals surface area (Å²) in [6, 6.07) is 21.3. The van der Waals surface area contributed by atoms with Crippen LogP contribution in [-0.2, 0) is 22.4 Å². The molecule has 0 N–H and O–H groups in total. The fraction of sp³-hybridized carbons (Fsp3) is 0.611. The summed E-state index contributed by atoms with van der Waals surface area (Å²) in [5.41, 5.74) is 2.65. The average molecular weight is 545 g/mol. The predicted molar refractivity (Wildman–Crippen MR) is 166 cm³/mol. The molecule has 0 aromatic heterocycles. The molecule has 2 unspecified atom stereocenters. The largest absolute Gasteiger partial charge is 0.298 e. The third-order valence-electron chi connectivity index (χ3n) is 9.10. The van der Waals surface area contributed by atoms with Gasteiger partial charge in [-0.15, -0.1) is 0 Å². The van der Waals surface area contributed by atoms with Gasteiger partial charge in [-0.3, -0.25) is 19.4 Å². The molecule has 2 saturated heterocycles. The molecule has 0 radical (unpaired) electrons. The van der Waals surface area contributed by atoms with E-state index in [1.165, 1.54) is 49.7 Å². The number of piperidine rings is 2. The molecule has 0 aliphatic carbocycles. The van der Waals surface area contributed by atoms with Gasteiger partial charge in [-0.05, 0) is 102 Å². The Kier molecular flexibility index (Phi) is 13.4. The second-order valence-electron chi connectivity index (χ2n) is 12.1. The third-order valence-corrected chi connectivity index (χ3v) is 9.10. The summed E-state index contributed by atoms with van der Waals surface area (Å²) >= 11 is 0. The Morgan fingerprint density at radius 2 is 0.900 bits per heavy atom. The van der Waals surface area contributed by atoms with E-state index in [1.807, 2.05) is 0 Å². The zero-order valence-corrected chi connectivity index (χ0v) is 24.8. The normalized spacial score (nSPS) is 18.3. The van der Waals surface area contributed by atoms with Crippen LogP contribution in [0.4, 0.5) is 0 Å². The van der Waals surface area contributed by atoms with Gasteiger partial charge >= 0.3 is 0 Å². The number of ketones is 2. The van der Waals surface area contributed by atoms with E-state index < -0.39 is 0 Å². The van der Waals surface area contributed by atoms with Crippen molar-refractivity contribution in [2.45, 2.75) is 115 Å². The zero-order valence-electron chi connectivity index (χ0n) is 24.8. The highest BCUT2D eigenvalue weighted by atomic mass is 16.1. The Balaban J connectivity index is 1.19. The number of aryl methyl sites for hydroxylation is 2. The molecule has 4 rings (SSSR count). The van der Waals surface area contributed by atoms with Gasteiger partial charge in [0.15, 0.2) is 0 Å². The van der Waals surface area contributed by atoms with Crippen LogP contribution in [0, 0.1) is 0 Å². The van der Waals surface area contributed by atoms with Crippen molar-refractivity contribution >= 4 is 11.6 Å². The Labute approximate surface area is 243 Å². The number of hydrogen-bond acceptors (Lipinski definition) is 4. The maximum absolute atomic E-state index is 13.4. The second kappa shape index (κ2) is 17.5. The van der Waals surface area contributed by atoms with E-state index in [4.69, 9.17) is 0 Å². The van der Waals surface area contributed by atoms with Crippen molar-refractivity contribution in [1.82, 2.24) is 9.80 Å². The summed E-state index contributed by atoms with van der Waals surface area (Å²) < 4.78 is 0. The summed E-state index contributed by atoms with van der Waals surface area (Å²) in [7, 11) is 0. The average Bonchev–Trinajstić information content (AvgIpc) is 3.01. The number of carbonyl (C=O) groups is 2. The highest BCUT2D eigenvalue weighted by Crippen LogP contribution is 2.21. The summed E-state index contributed by atoms with van der Waals surface area (Å²) in [6.45, 7) is 4.26. The van der Waals surface area contributed by atoms with Gasteiger partial charge in [0, 0.05) is 12.8 Å². The Morgan fingerprint density at radius 3 is 1.27 bits per heavy atom. The summed E-state index contributed by atoms with van der Waals surface area (Å²) in [5, 5.41) is 0. The van der Waals surface area contributed by atoms with E-state index in [0.29, 0.717) is 24.4 Å². The fourth-order valence-electron chi connectivity index (χ4n) is 6.74. The van der Waals surface area contributed by atoms with E-state index in [1.54, 1.807) is 0 Å². The van der Waals surface area contributed by atoms with Gasteiger partial charge in [-0.25, -0.2) is 0 Å². The van der Waals surface area contributed by atoms with Crippen molar-refractivity contribution in [3.8, 4) is 0 Å². The zero-order chi connectivity index (χ0) is 27.8. The second-order valence-corrected chi connectivity index (χ2v) is 12.1. The molecule has 0 saturated carbocycles. The van der Waals surface area contributed by atoms with E-state index >= 15 is 0 Å². The lowest BCUT2D eigenvalue weighted by molar-refractivity contribution is -0.126. The van der Waals surface area contributed by atoms with Crippen LogP contribution in [0.25, 0.3) is 0 Å². The molecule has 2 heterocycles. The van der Waals surface area contributed by atoms with Gasteiger partial charge in [-0.1, -0.05) is 86.3 Å². The Morgan fingerprint density at radius 1 is 0.525 bits per heavy atom. The Bertz CT molecular complexity index is 899. The van der Waals surface area contributed by atoms with Crippen molar-refractivity contribution < 1.29 is 9.59 Å². The topological polar surface area (TPSA) is 40.6 Å². The molecule has 2 aromatic rings. The van der Waals surface area contributed by atoms with Crippen LogP contribution < -0.4 is 0 Å². The van der Waals surface area contributed by atoms with Crippen molar-refractivity contribution in [3.63, 3.8) is 0 Å². The summed E-state index contributed by atoms with van der Waals surface area (Å²) in [5.74, 6) is 0.861. The van der Waals surface area contributed by atoms with E-state index in [-0.39, 0.29) is 12.1 Å². The molecular weight excluding hydrogens is 492 g/mol. The van der Waals surface area contributed by atoms with Gasteiger partial charge < -0.3 is 0 Å². The number of nitrogens with zero attached hydrogens (tertiary/aromatic N) is 2. The first-order chi connectivity index (χ1) is 19.7. The number of benzene rings is 2. The predicted octanol–water partition coefficient (Wildman–Crippen LogP) is 7.44. The smallest absolute Gasteiger partial charge is 0.149 e. The lowest BCUT2D eigenvalue weighted by Gasteiger charge is -2.34. The van der Waals surface area contributed by atoms with Crippen LogP contribution in [-0.4, -0.2) is 59.6 Å². The van der Waals surface area contributed by atoms with Crippen molar-refractivity contribution in [3.05, 3.63) is 71.8 Å². The van der Waals surface area contributed by atoms with Crippen LogP contribution in [0.1, 0.15) is 101 Å². The minimum Gasteiger partial charge on any atom is -0.298 e. The van der Waals surface area contributed by atoms with Crippen molar-refractivity contribution in [2.24, 2.45) is 0 Å². The standard InChI is InChI=1S/C36H52N2O2/c39-35(33(37-27-13-5-14-28-37)25-23-31-17-7-3-8-18-31)21-11-1-2-12-22-36(40)34(38-29-15-6-16-30-38)26-24-32-19-9-4-10-20-32/h3-4,7-10,17-20,33-34H,1-2,5-6,11-16,21-30H2. The lowest BCUT2D eigenvalue weighted by Crippen LogP contribution is -2.44. The first-order valence-electron chi connectivity index (χ1n) is 16.3. The van der Waals surface area contributed by atoms with Gasteiger partial charge in [-0.2, -0.15) is 0 Å². The van der Waals surface area contributed by atoms with Crippen LogP contribution in [0.5, 0.6) is 0 Å². The molecule has 0 spiro atoms. The van der Waals surface area contributed by atoms with Gasteiger partial charge in [0.1, 0.15) is 11.6 Å². The first kappa shape index (κ1) is 30.7. The molecule has 2 aliphatic heterocycles. The van der Waals surface area contributed by atoms with Crippen molar-refractivity contribution in [1.29, 1.82) is 0 Å². The number of rotatable bonds is 17. The molecule has 0 amide bonds. The molecule has 2 fully saturated rings. The quantitative estimate of drug-likeness (QED) is 0.194. The number of likely N-dealkylation sites (tertiary alicyclic amines) is 2. The van der Waals surface area contributed by atoms with Crippen LogP contribution >= 0.6 is 0 Å². The highest BCUT2D eigenvalue weighted by molar-refractivity contribution is 5.84. The lowest BCUT2D eigenvalue weighted by atomic mass is 9.94. The molecule has 2 atom stereocenters. The molecule has 4 heteroatoms. The van der Waals surface area contributed by atoms with Crippen molar-refractivity contribution in [2.75, 3.05) is 26.2 Å². The molecule has 2 aromatic carbocycles. The number of Topliss-reactive ketones (excluding diaryl/α,β-unsaturated/α-hetero) is 2. The molecular formula is C36H52N2O2. The third kappa shape index (κ3) is 10.3. The monoisotopic (exact) mass is 544 g/mol. The van der Waals surface area contributed by atoms with E-state index in [9.17, 15) is 9.59 Å². The molecule has 4 nitrogen and oxygen atoms in total. The molecule has 2 aliphatic rings. The SMILES string of the molecule is O=C(CCCCCCC(=O)C(CCc1ccccc1)N1CCCCC1)C(CCc1ccccc1)N1CCCCC1. The maximum Gasteiger partial charge on any atom is 0.149 e. The molecule has 218 valence electrons. The van der Waals surface area contributed by atoms with Crippen LogP contribution in [0.3, 0.4) is 0 Å². The minimum atomic E-state index is 0.0667. The summed E-state index contributed by atoms with van der Waals surface area (Å²) in [6.07, 6.45) is 16.6. The molecule has 0 bridgehead atoms. The number of carbonyl (C=O) groups excluding carboxylic acids is 2. The maximum atomic E-state index is 13.4. The van der Waals surface area contributed by atoms with Gasteiger partial charge in [0.25, 0.3) is 0 Å². The van der Waals surface area contributed by atoms with Crippen LogP contribution in [0.2, 0.25) is 0 Å². The Hall–Kier alpha value is -2.30. The van der Waals surface area contributed by atoms with E-state index in [2.05, 4.69) is 70.5 Å². The highest BCUT2D eigenvalue weighted by Gasteiger charge is 2.27. The van der Waals surface area contributed by atoms with Gasteiger partial charge in [0.05, 0.1) is 12.1 Å². The number of unbranched alkanes of at least 4 members (excludes halogenated alkanes) is 3. The van der Waals surface area contributed by atoms with Gasteiger partial charge in [0.2, 0.25) is 0 Å². The summed E-state index contributed by atoms with van der Waals surface area (Å²) in [4.78, 5) is 31.6. The number of hydrogen-bond donors (Lipinski definition) is 0. The molecule has 40 heavy (non-hydrogen) atoms. The first-order valence-corrected chi connectivity index (χ1v) is 16.3. The minimum absolute atomic E-state index is 0.0667. The van der Waals surface area contributed by atoms with Crippen LogP contribution in [0.15, 0.2) is 60.7 Å².